The van der Waals surface area contributed by atoms with Gasteiger partial charge in [-0.15, -0.1) is 0 Å². The van der Waals surface area contributed by atoms with Crippen LogP contribution in [0.25, 0.3) is 0 Å². The number of hydrogen-bond acceptors (Lipinski definition) is 4. The van der Waals surface area contributed by atoms with E-state index in [0.29, 0.717) is 5.56 Å². The van der Waals surface area contributed by atoms with Crippen LogP contribution in [0, 0.1) is 0 Å². The van der Waals surface area contributed by atoms with Gasteiger partial charge < -0.3 is 10.2 Å². The molecule has 5 nitrogen and oxygen atoms in total. The van der Waals surface area contributed by atoms with Gasteiger partial charge in [0.1, 0.15) is 0 Å². The molecule has 0 saturated carbocycles. The summed E-state index contributed by atoms with van der Waals surface area (Å²) >= 11 is 0. The number of aryl methyl sites for hydroxylation is 1. The van der Waals surface area contributed by atoms with Crippen molar-refractivity contribution in [1.82, 2.24) is 4.98 Å². The summed E-state index contributed by atoms with van der Waals surface area (Å²) in [6, 6.07) is 7.03. The maximum absolute atomic E-state index is 11.8. The van der Waals surface area contributed by atoms with Crippen molar-refractivity contribution in [2.75, 3.05) is 6.61 Å². The molecule has 0 radical (unpaired) electrons. The average molecular weight is 257 g/mol. The monoisotopic (exact) mass is 257 g/mol. The molecule has 0 aromatic carbocycles. The van der Waals surface area contributed by atoms with Crippen LogP contribution in [-0.4, -0.2) is 22.6 Å². The molecule has 2 heterocycles. The maximum atomic E-state index is 11.8. The van der Waals surface area contributed by atoms with Crippen LogP contribution < -0.4 is 9.78 Å². The molecule has 0 aliphatic heterocycles. The highest BCUT2D eigenvalue weighted by Crippen LogP contribution is 1.99. The highest BCUT2D eigenvalue weighted by atomic mass is 16.3. The molecule has 0 saturated heterocycles. The van der Waals surface area contributed by atoms with Gasteiger partial charge in [0.05, 0.1) is 5.90 Å². The largest absolute Gasteiger partial charge is 0.854 e. The second kappa shape index (κ2) is 6.61. The fourth-order valence-electron chi connectivity index (χ4n) is 1.62. The molecule has 0 aliphatic rings. The van der Waals surface area contributed by atoms with E-state index in [2.05, 4.69) is 10.1 Å². The average Bonchev–Trinajstić information content (AvgIpc) is 2.47. The smallest absolute Gasteiger partial charge is 0.202 e. The van der Waals surface area contributed by atoms with Gasteiger partial charge >= 0.3 is 0 Å². The SMILES string of the molecule is [O-]/C(=N\[n+]1ccc(CCCO)cc1)c1ccncc1. The number of rotatable bonds is 5. The molecule has 0 aliphatic carbocycles. The lowest BCUT2D eigenvalue weighted by Gasteiger charge is -2.05. The van der Waals surface area contributed by atoms with Gasteiger partial charge in [0.25, 0.3) is 0 Å². The third-order valence-corrected chi connectivity index (χ3v) is 2.64. The molecule has 0 spiro atoms. The number of aliphatic hydroxyl groups is 1. The van der Waals surface area contributed by atoms with Crippen molar-refractivity contribution in [2.45, 2.75) is 12.8 Å². The van der Waals surface area contributed by atoms with E-state index in [1.165, 1.54) is 4.68 Å². The van der Waals surface area contributed by atoms with Gasteiger partial charge in [-0.3, -0.25) is 4.98 Å². The van der Waals surface area contributed by atoms with Gasteiger partial charge in [-0.25, -0.2) is 0 Å². The van der Waals surface area contributed by atoms with E-state index < -0.39 is 0 Å². The highest BCUT2D eigenvalue weighted by molar-refractivity contribution is 5.89. The zero-order chi connectivity index (χ0) is 13.5. The molecular formula is C14H15N3O2. The number of nitrogens with zero attached hydrogens (tertiary/aromatic N) is 3. The Morgan fingerprint density at radius 1 is 1.21 bits per heavy atom. The first-order chi connectivity index (χ1) is 9.29. The van der Waals surface area contributed by atoms with Crippen molar-refractivity contribution in [3.8, 4) is 0 Å². The van der Waals surface area contributed by atoms with Gasteiger partial charge in [-0.05, 0) is 41.2 Å². The number of pyridine rings is 2. The van der Waals surface area contributed by atoms with Crippen LogP contribution >= 0.6 is 0 Å². The lowest BCUT2D eigenvalue weighted by atomic mass is 10.1. The summed E-state index contributed by atoms with van der Waals surface area (Å²) in [7, 11) is 0. The van der Waals surface area contributed by atoms with Gasteiger partial charge in [0.2, 0.25) is 12.4 Å². The van der Waals surface area contributed by atoms with Crippen molar-refractivity contribution in [3.05, 3.63) is 60.2 Å². The van der Waals surface area contributed by atoms with Crippen molar-refractivity contribution < 1.29 is 14.9 Å². The van der Waals surface area contributed by atoms with Crippen LogP contribution in [-0.2, 0) is 6.42 Å². The Kier molecular flexibility index (Phi) is 4.58. The molecule has 2 aromatic rings. The fourth-order valence-corrected chi connectivity index (χ4v) is 1.62. The van der Waals surface area contributed by atoms with Gasteiger partial charge in [0.15, 0.2) is 0 Å². The standard InChI is InChI=1S/C14H15N3O2/c18-11-1-2-12-5-9-17(10-6-12)16-14(19)13-3-7-15-8-4-13/h3-10,18H,1-2,11H2. The fraction of sp³-hybridized carbons (Fsp3) is 0.214. The minimum Gasteiger partial charge on any atom is -0.854 e. The first-order valence-corrected chi connectivity index (χ1v) is 6.07. The van der Waals surface area contributed by atoms with Crippen molar-refractivity contribution >= 4 is 5.90 Å². The minimum absolute atomic E-state index is 0.180. The molecule has 98 valence electrons. The van der Waals surface area contributed by atoms with Gasteiger partial charge in [-0.1, -0.05) is 4.68 Å². The summed E-state index contributed by atoms with van der Waals surface area (Å²) in [5.74, 6) is -0.310. The zero-order valence-corrected chi connectivity index (χ0v) is 10.4. The summed E-state index contributed by atoms with van der Waals surface area (Å²) in [5, 5.41) is 24.5. The molecule has 19 heavy (non-hydrogen) atoms. The van der Waals surface area contributed by atoms with E-state index in [1.807, 2.05) is 12.1 Å². The topological polar surface area (TPSA) is 72.4 Å². The third-order valence-electron chi connectivity index (χ3n) is 2.64. The lowest BCUT2D eigenvalue weighted by molar-refractivity contribution is -0.681. The van der Waals surface area contributed by atoms with E-state index in [9.17, 15) is 5.11 Å². The van der Waals surface area contributed by atoms with Crippen LogP contribution in [0.4, 0.5) is 0 Å². The van der Waals surface area contributed by atoms with Crippen molar-refractivity contribution in [2.24, 2.45) is 5.10 Å². The highest BCUT2D eigenvalue weighted by Gasteiger charge is 2.00. The van der Waals surface area contributed by atoms with Crippen LogP contribution in [0.15, 0.2) is 54.2 Å². The minimum atomic E-state index is -0.310. The molecule has 0 fully saturated rings. The predicted molar refractivity (Wildman–Crippen MR) is 68.2 cm³/mol. The molecule has 0 bridgehead atoms. The zero-order valence-electron chi connectivity index (χ0n) is 10.4. The molecule has 1 N–H and O–H groups in total. The summed E-state index contributed by atoms with van der Waals surface area (Å²) in [6.45, 7) is 0.180. The Hall–Kier alpha value is -2.27. The lowest BCUT2D eigenvalue weighted by Crippen LogP contribution is -2.33. The third kappa shape index (κ3) is 3.86. The molecule has 2 rings (SSSR count). The summed E-state index contributed by atoms with van der Waals surface area (Å²) < 4.78 is 1.48. The van der Waals surface area contributed by atoms with E-state index in [4.69, 9.17) is 5.11 Å². The second-order valence-corrected chi connectivity index (χ2v) is 4.05. The van der Waals surface area contributed by atoms with Gasteiger partial charge in [0, 0.05) is 31.1 Å². The number of aliphatic hydroxyl groups excluding tert-OH is 1. The Balaban J connectivity index is 2.10. The van der Waals surface area contributed by atoms with Crippen LogP contribution in [0.3, 0.4) is 0 Å². The quantitative estimate of drug-likeness (QED) is 0.460. The molecule has 0 atom stereocenters. The summed E-state index contributed by atoms with van der Waals surface area (Å²) in [6.07, 6.45) is 8.13. The number of hydrogen-bond donors (Lipinski definition) is 1. The predicted octanol–water partition coefficient (Wildman–Crippen LogP) is -0.136. The summed E-state index contributed by atoms with van der Waals surface area (Å²) in [5.41, 5.74) is 1.61. The Morgan fingerprint density at radius 2 is 1.89 bits per heavy atom. The van der Waals surface area contributed by atoms with Crippen molar-refractivity contribution in [3.63, 3.8) is 0 Å². The summed E-state index contributed by atoms with van der Waals surface area (Å²) in [4.78, 5) is 3.85. The molecule has 2 aromatic heterocycles. The van der Waals surface area contributed by atoms with Crippen LogP contribution in [0.1, 0.15) is 17.5 Å². The molecule has 0 unspecified atom stereocenters. The van der Waals surface area contributed by atoms with Gasteiger partial charge in [-0.2, -0.15) is 0 Å². The van der Waals surface area contributed by atoms with Crippen molar-refractivity contribution in [1.29, 1.82) is 0 Å². The second-order valence-electron chi connectivity index (χ2n) is 4.05. The Bertz CT molecular complexity index is 538. The molecule has 5 heteroatoms. The normalized spacial score (nSPS) is 11.5. The van der Waals surface area contributed by atoms with Crippen LogP contribution in [0.2, 0.25) is 0 Å². The van der Waals surface area contributed by atoms with E-state index >= 15 is 0 Å². The maximum Gasteiger partial charge on any atom is 0.202 e. The molecular weight excluding hydrogens is 242 g/mol. The first-order valence-electron chi connectivity index (χ1n) is 6.07. The Morgan fingerprint density at radius 3 is 2.53 bits per heavy atom. The molecule has 0 amide bonds. The van der Waals surface area contributed by atoms with E-state index in [-0.39, 0.29) is 12.5 Å². The Labute approximate surface area is 111 Å². The number of aromatic nitrogens is 2. The first kappa shape index (κ1) is 13.2. The van der Waals surface area contributed by atoms with E-state index in [1.54, 1.807) is 36.9 Å². The van der Waals surface area contributed by atoms with Crippen LogP contribution in [0.5, 0.6) is 0 Å². The van der Waals surface area contributed by atoms with E-state index in [0.717, 1.165) is 18.4 Å².